The molecular weight excluding hydrogens is 416 g/mol. The molecule has 4 rings (SSSR count). The van der Waals surface area contributed by atoms with Gasteiger partial charge < -0.3 is 14.7 Å². The van der Waals surface area contributed by atoms with E-state index in [2.05, 4.69) is 18.4 Å². The Morgan fingerprint density at radius 2 is 1.90 bits per heavy atom. The van der Waals surface area contributed by atoms with Crippen LogP contribution in [0.4, 0.5) is 11.4 Å². The summed E-state index contributed by atoms with van der Waals surface area (Å²) in [4.78, 5) is 43.1. The maximum absolute atomic E-state index is 13.3. The summed E-state index contributed by atoms with van der Waals surface area (Å²) in [5.74, 6) is -0.157. The Morgan fingerprint density at radius 1 is 1.16 bits per heavy atom. The molecule has 1 fully saturated rings. The number of benzene rings is 1. The molecule has 3 heterocycles. The molecule has 1 atom stereocenters. The highest BCUT2D eigenvalue weighted by Gasteiger charge is 2.32. The highest BCUT2D eigenvalue weighted by Crippen LogP contribution is 2.37. The molecule has 1 saturated heterocycles. The number of rotatable bonds is 4. The number of hydrogen-bond donors (Lipinski definition) is 0. The highest BCUT2D eigenvalue weighted by atomic mass is 32.1. The minimum Gasteiger partial charge on any atom is -0.362 e. The molecule has 164 valence electrons. The van der Waals surface area contributed by atoms with Crippen molar-refractivity contribution in [1.82, 2.24) is 9.80 Å². The Morgan fingerprint density at radius 3 is 2.55 bits per heavy atom. The number of nitro benzene ring substituents is 1. The van der Waals surface area contributed by atoms with Crippen molar-refractivity contribution in [2.75, 3.05) is 37.6 Å². The van der Waals surface area contributed by atoms with E-state index in [1.165, 1.54) is 23.4 Å². The van der Waals surface area contributed by atoms with Gasteiger partial charge >= 0.3 is 0 Å². The van der Waals surface area contributed by atoms with Gasteiger partial charge in [0, 0.05) is 56.2 Å². The van der Waals surface area contributed by atoms with Gasteiger partial charge in [-0.15, -0.1) is 11.3 Å². The Labute approximate surface area is 185 Å². The summed E-state index contributed by atoms with van der Waals surface area (Å²) in [5, 5.41) is 13.9. The molecule has 0 aliphatic carbocycles. The van der Waals surface area contributed by atoms with Crippen LogP contribution in [0, 0.1) is 10.1 Å². The lowest BCUT2D eigenvalue weighted by molar-refractivity contribution is -0.384. The first-order valence-electron chi connectivity index (χ1n) is 10.6. The molecule has 0 radical (unpaired) electrons. The van der Waals surface area contributed by atoms with E-state index in [1.807, 2.05) is 9.80 Å². The van der Waals surface area contributed by atoms with Gasteiger partial charge in [0.2, 0.25) is 5.91 Å². The molecular formula is C22H26N4O4S. The van der Waals surface area contributed by atoms with Crippen LogP contribution in [0.1, 0.15) is 47.1 Å². The van der Waals surface area contributed by atoms with Gasteiger partial charge in [-0.1, -0.05) is 6.92 Å². The number of nitro groups is 1. The number of carbonyl (C=O) groups excluding carboxylic acids is 2. The zero-order chi connectivity index (χ0) is 22.1. The van der Waals surface area contributed by atoms with E-state index in [0.717, 1.165) is 12.8 Å². The predicted molar refractivity (Wildman–Crippen MR) is 120 cm³/mol. The molecule has 2 amide bonds. The third-order valence-corrected chi connectivity index (χ3v) is 7.22. The molecule has 1 aromatic heterocycles. The molecule has 9 heteroatoms. The minimum atomic E-state index is -0.423. The van der Waals surface area contributed by atoms with Gasteiger partial charge in [0.15, 0.2) is 0 Å². The Kier molecular flexibility index (Phi) is 5.95. The largest absolute Gasteiger partial charge is 0.362 e. The fourth-order valence-electron chi connectivity index (χ4n) is 4.58. The normalized spacial score (nSPS) is 18.6. The average Bonchev–Trinajstić information content (AvgIpc) is 3.26. The molecule has 0 bridgehead atoms. The van der Waals surface area contributed by atoms with E-state index in [-0.39, 0.29) is 23.5 Å². The van der Waals surface area contributed by atoms with Crippen LogP contribution in [0.3, 0.4) is 0 Å². The number of amides is 2. The zero-order valence-electron chi connectivity index (χ0n) is 17.7. The fraction of sp³-hybridized carbons (Fsp3) is 0.455. The van der Waals surface area contributed by atoms with Gasteiger partial charge in [0.25, 0.3) is 11.6 Å². The van der Waals surface area contributed by atoms with E-state index >= 15 is 0 Å². The topological polar surface area (TPSA) is 87.0 Å². The molecule has 31 heavy (non-hydrogen) atoms. The van der Waals surface area contributed by atoms with E-state index in [0.29, 0.717) is 44.0 Å². The lowest BCUT2D eigenvalue weighted by Gasteiger charge is -2.36. The van der Waals surface area contributed by atoms with E-state index in [4.69, 9.17) is 0 Å². The van der Waals surface area contributed by atoms with Crippen molar-refractivity contribution >= 4 is 34.5 Å². The summed E-state index contributed by atoms with van der Waals surface area (Å²) in [5.41, 5.74) is 1.97. The number of carbonyl (C=O) groups is 2. The summed E-state index contributed by atoms with van der Waals surface area (Å²) < 4.78 is 0. The van der Waals surface area contributed by atoms with Crippen molar-refractivity contribution < 1.29 is 14.5 Å². The third kappa shape index (κ3) is 4.01. The first-order valence-corrected chi connectivity index (χ1v) is 11.4. The van der Waals surface area contributed by atoms with E-state index < -0.39 is 4.92 Å². The predicted octanol–water partition coefficient (Wildman–Crippen LogP) is 3.47. The van der Waals surface area contributed by atoms with Crippen LogP contribution >= 0.6 is 11.3 Å². The van der Waals surface area contributed by atoms with Crippen LogP contribution in [-0.2, 0) is 11.2 Å². The molecule has 0 N–H and O–H groups in total. The zero-order valence-corrected chi connectivity index (χ0v) is 18.6. The quantitative estimate of drug-likeness (QED) is 0.534. The molecule has 8 nitrogen and oxygen atoms in total. The van der Waals surface area contributed by atoms with Gasteiger partial charge in [-0.25, -0.2) is 0 Å². The van der Waals surface area contributed by atoms with Gasteiger partial charge in [0.05, 0.1) is 11.0 Å². The van der Waals surface area contributed by atoms with Crippen molar-refractivity contribution in [3.63, 3.8) is 0 Å². The van der Waals surface area contributed by atoms with Gasteiger partial charge in [-0.2, -0.15) is 0 Å². The second kappa shape index (κ2) is 8.66. The SMILES string of the molecule is CCC1c2ccsc2CCN1C(=O)c1ccc(N2CCN(C(C)=O)CC2)c([N+](=O)[O-])c1. The van der Waals surface area contributed by atoms with Gasteiger partial charge in [-0.3, -0.25) is 19.7 Å². The maximum Gasteiger partial charge on any atom is 0.293 e. The minimum absolute atomic E-state index is 0.000825. The number of fused-ring (bicyclic) bond motifs is 1. The van der Waals surface area contributed by atoms with Crippen molar-refractivity contribution in [3.8, 4) is 0 Å². The molecule has 1 aromatic carbocycles. The fourth-order valence-corrected chi connectivity index (χ4v) is 5.51. The number of piperazine rings is 1. The van der Waals surface area contributed by atoms with Crippen LogP contribution in [0.25, 0.3) is 0 Å². The monoisotopic (exact) mass is 442 g/mol. The smallest absolute Gasteiger partial charge is 0.293 e. The molecule has 2 aliphatic heterocycles. The van der Waals surface area contributed by atoms with E-state index in [1.54, 1.807) is 28.4 Å². The highest BCUT2D eigenvalue weighted by molar-refractivity contribution is 7.10. The van der Waals surface area contributed by atoms with Crippen molar-refractivity contribution in [3.05, 3.63) is 55.8 Å². The average molecular weight is 443 g/mol. The van der Waals surface area contributed by atoms with Crippen molar-refractivity contribution in [2.24, 2.45) is 0 Å². The van der Waals surface area contributed by atoms with Crippen LogP contribution in [0.15, 0.2) is 29.6 Å². The summed E-state index contributed by atoms with van der Waals surface area (Å²) in [6, 6.07) is 6.86. The Hall–Kier alpha value is -2.94. The number of thiophene rings is 1. The van der Waals surface area contributed by atoms with Gasteiger partial charge in [-0.05, 0) is 42.0 Å². The van der Waals surface area contributed by atoms with Crippen LogP contribution < -0.4 is 4.90 Å². The van der Waals surface area contributed by atoms with Crippen molar-refractivity contribution in [1.29, 1.82) is 0 Å². The van der Waals surface area contributed by atoms with E-state index in [9.17, 15) is 19.7 Å². The number of anilines is 1. The third-order valence-electron chi connectivity index (χ3n) is 6.23. The van der Waals surface area contributed by atoms with Crippen LogP contribution in [0.2, 0.25) is 0 Å². The summed E-state index contributed by atoms with van der Waals surface area (Å²) in [6.45, 7) is 6.32. The first-order chi connectivity index (χ1) is 14.9. The van der Waals surface area contributed by atoms with Crippen LogP contribution in [0.5, 0.6) is 0 Å². The molecule has 0 spiro atoms. The lowest BCUT2D eigenvalue weighted by Crippen LogP contribution is -2.48. The number of nitrogens with zero attached hydrogens (tertiary/aromatic N) is 4. The van der Waals surface area contributed by atoms with Gasteiger partial charge in [0.1, 0.15) is 5.69 Å². The Balaban J connectivity index is 1.59. The van der Waals surface area contributed by atoms with Crippen molar-refractivity contribution in [2.45, 2.75) is 32.7 Å². The molecule has 2 aromatic rings. The lowest BCUT2D eigenvalue weighted by atomic mass is 9.96. The first kappa shape index (κ1) is 21.3. The second-order valence-corrected chi connectivity index (χ2v) is 8.93. The molecule has 0 saturated carbocycles. The summed E-state index contributed by atoms with van der Waals surface area (Å²) >= 11 is 1.72. The maximum atomic E-state index is 13.3. The van der Waals surface area contributed by atoms with Crippen LogP contribution in [-0.4, -0.2) is 59.3 Å². The standard InChI is InChI=1S/C22H26N4O4S/c1-3-18-17-7-13-31-21(17)6-8-25(18)22(28)16-4-5-19(20(14-16)26(29)30)24-11-9-23(10-12-24)15(2)27/h4-5,7,13-14,18H,3,6,8-12H2,1-2H3. The Bertz CT molecular complexity index is 1010. The molecule has 1 unspecified atom stereocenters. The number of hydrogen-bond acceptors (Lipinski definition) is 6. The second-order valence-electron chi connectivity index (χ2n) is 7.93. The summed E-state index contributed by atoms with van der Waals surface area (Å²) in [6.07, 6.45) is 1.62. The molecule has 2 aliphatic rings. The summed E-state index contributed by atoms with van der Waals surface area (Å²) in [7, 11) is 0.